The summed E-state index contributed by atoms with van der Waals surface area (Å²) in [6.45, 7) is 8.47. The number of hydrogen-bond acceptors (Lipinski definition) is 6. The molecule has 1 aliphatic rings. The average Bonchev–Trinajstić information content (AvgIpc) is 3.35. The number of nitrogens with zero attached hydrogens (tertiary/aromatic N) is 3. The Hall–Kier alpha value is -3.26. The van der Waals surface area contributed by atoms with Gasteiger partial charge in [0.1, 0.15) is 0 Å². The number of amides is 1. The van der Waals surface area contributed by atoms with Gasteiger partial charge in [-0.1, -0.05) is 42.1 Å². The first-order valence-electron chi connectivity index (χ1n) is 9.54. The molecule has 0 saturated heterocycles. The van der Waals surface area contributed by atoms with E-state index in [9.17, 15) is 4.79 Å². The highest BCUT2D eigenvalue weighted by atomic mass is 32.2. The number of aryl methyl sites for hydroxylation is 1. The number of hydrogen-bond donors (Lipinski definition) is 1. The second-order valence-corrected chi connectivity index (χ2v) is 8.15. The quantitative estimate of drug-likeness (QED) is 0.452. The van der Waals surface area contributed by atoms with Gasteiger partial charge in [0.25, 0.3) is 0 Å². The molecule has 4 rings (SSSR count). The van der Waals surface area contributed by atoms with E-state index < -0.39 is 0 Å². The Morgan fingerprint density at radius 3 is 2.87 bits per heavy atom. The Bertz CT molecular complexity index is 1100. The zero-order valence-electron chi connectivity index (χ0n) is 16.8. The van der Waals surface area contributed by atoms with Crippen LogP contribution in [-0.2, 0) is 11.3 Å². The normalized spacial score (nSPS) is 13.1. The average molecular weight is 423 g/mol. The highest BCUT2D eigenvalue weighted by molar-refractivity contribution is 8.00. The number of allylic oxidation sites excluding steroid dienone is 1. The number of thioether (sulfide) groups is 1. The molecule has 0 saturated carbocycles. The number of benzene rings is 2. The van der Waals surface area contributed by atoms with E-state index in [1.807, 2.05) is 42.7 Å². The molecule has 0 radical (unpaired) electrons. The number of ether oxygens (including phenoxy) is 2. The van der Waals surface area contributed by atoms with Gasteiger partial charge in [0.15, 0.2) is 22.5 Å². The molecule has 0 spiro atoms. The van der Waals surface area contributed by atoms with Gasteiger partial charge in [-0.2, -0.15) is 0 Å². The largest absolute Gasteiger partial charge is 0.454 e. The minimum atomic E-state index is -0.382. The molecular weight excluding hydrogens is 400 g/mol. The summed E-state index contributed by atoms with van der Waals surface area (Å²) in [4.78, 5) is 12.7. The van der Waals surface area contributed by atoms with Gasteiger partial charge in [-0.3, -0.25) is 9.36 Å². The lowest BCUT2D eigenvalue weighted by atomic mass is 10.1. The molecule has 0 aliphatic carbocycles. The van der Waals surface area contributed by atoms with Crippen molar-refractivity contribution in [1.29, 1.82) is 0 Å². The first-order valence-corrected chi connectivity index (χ1v) is 10.4. The number of nitrogens with one attached hydrogen (secondary N) is 1. The molecule has 0 bridgehead atoms. The summed E-state index contributed by atoms with van der Waals surface area (Å²) in [5, 5.41) is 11.9. The smallest absolute Gasteiger partial charge is 0.237 e. The molecule has 1 amide bonds. The van der Waals surface area contributed by atoms with Crippen LogP contribution in [0.5, 0.6) is 11.5 Å². The second-order valence-electron chi connectivity index (χ2n) is 6.84. The summed E-state index contributed by atoms with van der Waals surface area (Å²) in [6.07, 6.45) is 1.80. The lowest BCUT2D eigenvalue weighted by Crippen LogP contribution is -2.23. The van der Waals surface area contributed by atoms with Gasteiger partial charge in [0.05, 0.1) is 5.25 Å². The molecule has 1 aromatic heterocycles. The molecule has 2 heterocycles. The molecule has 1 atom stereocenters. The number of rotatable bonds is 7. The summed E-state index contributed by atoms with van der Waals surface area (Å²) in [5.74, 6) is 1.93. The van der Waals surface area contributed by atoms with Gasteiger partial charge in [0.2, 0.25) is 12.7 Å². The monoisotopic (exact) mass is 422 g/mol. The third kappa shape index (κ3) is 4.04. The number of carbonyl (C=O) groups is 1. The van der Waals surface area contributed by atoms with E-state index >= 15 is 0 Å². The molecule has 30 heavy (non-hydrogen) atoms. The second kappa shape index (κ2) is 8.62. The van der Waals surface area contributed by atoms with E-state index in [0.717, 1.165) is 17.0 Å². The van der Waals surface area contributed by atoms with Crippen molar-refractivity contribution in [2.45, 2.75) is 30.8 Å². The maximum Gasteiger partial charge on any atom is 0.237 e. The van der Waals surface area contributed by atoms with Gasteiger partial charge < -0.3 is 14.8 Å². The number of aromatic nitrogens is 3. The van der Waals surface area contributed by atoms with Gasteiger partial charge >= 0.3 is 0 Å². The Labute approximate surface area is 179 Å². The molecule has 2 aromatic carbocycles. The van der Waals surface area contributed by atoms with Crippen LogP contribution < -0.4 is 14.8 Å². The molecule has 154 valence electrons. The van der Waals surface area contributed by atoms with Gasteiger partial charge in [-0.05, 0) is 31.5 Å². The lowest BCUT2D eigenvalue weighted by molar-refractivity contribution is -0.115. The van der Waals surface area contributed by atoms with Crippen LogP contribution in [0.4, 0.5) is 5.69 Å². The van der Waals surface area contributed by atoms with Gasteiger partial charge in [0, 0.05) is 23.9 Å². The van der Waals surface area contributed by atoms with Crippen LogP contribution in [0.2, 0.25) is 0 Å². The van der Waals surface area contributed by atoms with E-state index in [0.29, 0.717) is 28.9 Å². The minimum absolute atomic E-state index is 0.135. The van der Waals surface area contributed by atoms with Gasteiger partial charge in [-0.15, -0.1) is 16.8 Å². The maximum absolute atomic E-state index is 12.7. The number of anilines is 1. The first-order chi connectivity index (χ1) is 14.6. The van der Waals surface area contributed by atoms with E-state index in [1.165, 1.54) is 11.8 Å². The van der Waals surface area contributed by atoms with Crippen LogP contribution in [-0.4, -0.2) is 32.7 Å². The highest BCUT2D eigenvalue weighted by Gasteiger charge is 2.22. The third-order valence-corrected chi connectivity index (χ3v) is 5.79. The molecular formula is C22H22N4O3S. The van der Waals surface area contributed by atoms with Crippen LogP contribution in [0.25, 0.3) is 11.4 Å². The lowest BCUT2D eigenvalue weighted by Gasteiger charge is -2.13. The third-order valence-electron chi connectivity index (χ3n) is 4.71. The Balaban J connectivity index is 1.51. The maximum atomic E-state index is 12.7. The Morgan fingerprint density at radius 2 is 2.07 bits per heavy atom. The first kappa shape index (κ1) is 20.0. The Kier molecular flexibility index (Phi) is 5.76. The zero-order chi connectivity index (χ0) is 21.1. The fraction of sp³-hybridized carbons (Fsp3) is 0.227. The minimum Gasteiger partial charge on any atom is -0.454 e. The van der Waals surface area contributed by atoms with Crippen molar-refractivity contribution in [3.8, 4) is 22.9 Å². The van der Waals surface area contributed by atoms with Crippen LogP contribution >= 0.6 is 11.8 Å². The van der Waals surface area contributed by atoms with Crippen molar-refractivity contribution in [2.75, 3.05) is 12.1 Å². The standard InChI is InChI=1S/C22H22N4O3S/c1-4-11-26-20(17-8-6-5-7-14(17)2)24-25-22(26)30-15(3)21(27)23-16-9-10-18-19(12-16)29-13-28-18/h4-10,12,15H,1,11,13H2,2-3H3,(H,23,27)/t15-/m1/s1. The van der Waals surface area contributed by atoms with E-state index in [4.69, 9.17) is 9.47 Å². The SMILES string of the molecule is C=CCn1c(S[C@H](C)C(=O)Nc2ccc3c(c2)OCO3)nnc1-c1ccccc1C. The van der Waals surface area contributed by atoms with Crippen molar-refractivity contribution in [2.24, 2.45) is 0 Å². The fourth-order valence-electron chi connectivity index (χ4n) is 3.12. The van der Waals surface area contributed by atoms with Crippen molar-refractivity contribution in [3.05, 3.63) is 60.7 Å². The van der Waals surface area contributed by atoms with Crippen LogP contribution in [0.15, 0.2) is 60.3 Å². The van der Waals surface area contributed by atoms with Crippen molar-refractivity contribution < 1.29 is 14.3 Å². The van der Waals surface area contributed by atoms with Crippen molar-refractivity contribution in [1.82, 2.24) is 14.8 Å². The summed E-state index contributed by atoms with van der Waals surface area (Å²) in [6, 6.07) is 13.4. The van der Waals surface area contributed by atoms with Crippen LogP contribution in [0.3, 0.4) is 0 Å². The zero-order valence-corrected chi connectivity index (χ0v) is 17.6. The molecule has 1 N–H and O–H groups in total. The van der Waals surface area contributed by atoms with E-state index in [2.05, 4.69) is 22.1 Å². The predicted molar refractivity (Wildman–Crippen MR) is 117 cm³/mol. The van der Waals surface area contributed by atoms with Crippen LogP contribution in [0, 0.1) is 6.92 Å². The summed E-state index contributed by atoms with van der Waals surface area (Å²) in [7, 11) is 0. The molecule has 0 unspecified atom stereocenters. The van der Waals surface area contributed by atoms with Gasteiger partial charge in [-0.25, -0.2) is 0 Å². The summed E-state index contributed by atoms with van der Waals surface area (Å²) >= 11 is 1.36. The molecule has 3 aromatic rings. The summed E-state index contributed by atoms with van der Waals surface area (Å²) < 4.78 is 12.6. The molecule has 7 nitrogen and oxygen atoms in total. The van der Waals surface area contributed by atoms with E-state index in [1.54, 1.807) is 24.3 Å². The summed E-state index contributed by atoms with van der Waals surface area (Å²) in [5.41, 5.74) is 2.78. The molecule has 1 aliphatic heterocycles. The van der Waals surface area contributed by atoms with Crippen LogP contribution in [0.1, 0.15) is 12.5 Å². The number of fused-ring (bicyclic) bond motifs is 1. The van der Waals surface area contributed by atoms with Crippen molar-refractivity contribution >= 4 is 23.4 Å². The topological polar surface area (TPSA) is 78.3 Å². The van der Waals surface area contributed by atoms with Crippen molar-refractivity contribution in [3.63, 3.8) is 0 Å². The molecule has 0 fully saturated rings. The Morgan fingerprint density at radius 1 is 1.27 bits per heavy atom. The fourth-order valence-corrected chi connectivity index (χ4v) is 3.98. The predicted octanol–water partition coefficient (Wildman–Crippen LogP) is 4.29. The van der Waals surface area contributed by atoms with E-state index in [-0.39, 0.29) is 18.0 Å². The molecule has 8 heteroatoms. The highest BCUT2D eigenvalue weighted by Crippen LogP contribution is 2.35. The number of carbonyl (C=O) groups excluding carboxylic acids is 1.